The van der Waals surface area contributed by atoms with Gasteiger partial charge in [-0.1, -0.05) is 6.92 Å². The summed E-state index contributed by atoms with van der Waals surface area (Å²) in [5, 5.41) is 5.87. The van der Waals surface area contributed by atoms with Gasteiger partial charge < -0.3 is 20.3 Å². The zero-order valence-corrected chi connectivity index (χ0v) is 22.9. The molecule has 0 aliphatic carbocycles. The molecule has 1 fully saturated rings. The fourth-order valence-electron chi connectivity index (χ4n) is 4.32. The van der Waals surface area contributed by atoms with Crippen molar-refractivity contribution in [2.45, 2.75) is 19.5 Å². The van der Waals surface area contributed by atoms with Crippen LogP contribution in [-0.2, 0) is 10.9 Å². The SMILES string of the molecule is C#C.CCCNc1nccc(-n2ccnc2-c2ccc(NC(=O)c3cc(N4CCOCC4)cc(C(F)(F)F)c3)cc2)n1. The molecular weight excluding hydrogens is 547 g/mol. The lowest BCUT2D eigenvalue weighted by Crippen LogP contribution is -2.36. The van der Waals surface area contributed by atoms with Crippen LogP contribution in [0.3, 0.4) is 0 Å². The third-order valence-corrected chi connectivity index (χ3v) is 6.35. The van der Waals surface area contributed by atoms with Crippen LogP contribution in [-0.4, -0.2) is 58.3 Å². The van der Waals surface area contributed by atoms with Gasteiger partial charge in [0, 0.05) is 60.7 Å². The van der Waals surface area contributed by atoms with E-state index in [1.54, 1.807) is 53.8 Å². The van der Waals surface area contributed by atoms with Crippen LogP contribution >= 0.6 is 0 Å². The molecule has 2 N–H and O–H groups in total. The summed E-state index contributed by atoms with van der Waals surface area (Å²) in [6.45, 7) is 4.53. The van der Waals surface area contributed by atoms with Gasteiger partial charge in [-0.3, -0.25) is 9.36 Å². The summed E-state index contributed by atoms with van der Waals surface area (Å²) in [5.41, 5.74) is 0.584. The number of nitrogens with zero attached hydrogens (tertiary/aromatic N) is 5. The second-order valence-corrected chi connectivity index (χ2v) is 9.18. The minimum absolute atomic E-state index is 0.0767. The molecule has 1 amide bonds. The highest BCUT2D eigenvalue weighted by molar-refractivity contribution is 6.05. The van der Waals surface area contributed by atoms with Crippen molar-refractivity contribution in [1.82, 2.24) is 19.5 Å². The Hall–Kier alpha value is -4.89. The zero-order chi connectivity index (χ0) is 30.1. The van der Waals surface area contributed by atoms with Crippen LogP contribution in [0, 0.1) is 12.8 Å². The zero-order valence-electron chi connectivity index (χ0n) is 22.9. The van der Waals surface area contributed by atoms with Crippen molar-refractivity contribution < 1.29 is 22.7 Å². The predicted octanol–water partition coefficient (Wildman–Crippen LogP) is 5.51. The maximum absolute atomic E-state index is 13.6. The van der Waals surface area contributed by atoms with Gasteiger partial charge in [0.05, 0.1) is 18.8 Å². The number of rotatable bonds is 8. The number of amides is 1. The summed E-state index contributed by atoms with van der Waals surface area (Å²) in [6, 6.07) is 12.1. The molecule has 9 nitrogen and oxygen atoms in total. The number of halogens is 3. The second kappa shape index (κ2) is 13.6. The number of carbonyl (C=O) groups excluding carboxylic acids is 1. The molecule has 218 valence electrons. The number of hydrogen-bond donors (Lipinski definition) is 2. The van der Waals surface area contributed by atoms with Crippen LogP contribution in [0.4, 0.5) is 30.5 Å². The molecule has 1 aliphatic heterocycles. The molecular formula is C30H30F3N7O2. The number of hydrogen-bond acceptors (Lipinski definition) is 7. The Labute approximate surface area is 241 Å². The van der Waals surface area contributed by atoms with Crippen molar-refractivity contribution in [3.05, 3.63) is 78.2 Å². The largest absolute Gasteiger partial charge is 0.416 e. The van der Waals surface area contributed by atoms with Gasteiger partial charge in [-0.2, -0.15) is 18.2 Å². The topological polar surface area (TPSA) is 97.2 Å². The quantitative estimate of drug-likeness (QED) is 0.267. The lowest BCUT2D eigenvalue weighted by atomic mass is 10.1. The third-order valence-electron chi connectivity index (χ3n) is 6.35. The summed E-state index contributed by atoms with van der Waals surface area (Å²) in [4.78, 5) is 28.1. The molecule has 2 aromatic heterocycles. The Bertz CT molecular complexity index is 1510. The van der Waals surface area contributed by atoms with Gasteiger partial charge in [-0.05, 0) is 55.0 Å². The highest BCUT2D eigenvalue weighted by Gasteiger charge is 2.32. The van der Waals surface area contributed by atoms with Crippen LogP contribution in [0.1, 0.15) is 29.3 Å². The fraction of sp³-hybridized carbons (Fsp3) is 0.267. The van der Waals surface area contributed by atoms with E-state index >= 15 is 0 Å². The van der Waals surface area contributed by atoms with E-state index in [4.69, 9.17) is 4.74 Å². The predicted molar refractivity (Wildman–Crippen MR) is 156 cm³/mol. The van der Waals surface area contributed by atoms with Crippen LogP contribution in [0.15, 0.2) is 67.1 Å². The first kappa shape index (κ1) is 30.1. The summed E-state index contributed by atoms with van der Waals surface area (Å²) in [6.07, 6.45) is 9.47. The molecule has 12 heteroatoms. The number of aromatic nitrogens is 4. The smallest absolute Gasteiger partial charge is 0.378 e. The van der Waals surface area contributed by atoms with Gasteiger partial charge in [0.15, 0.2) is 0 Å². The number of terminal acetylenes is 1. The summed E-state index contributed by atoms with van der Waals surface area (Å²) in [7, 11) is 0. The molecule has 1 saturated heterocycles. The summed E-state index contributed by atoms with van der Waals surface area (Å²) < 4.78 is 48.0. The van der Waals surface area contributed by atoms with E-state index in [9.17, 15) is 18.0 Å². The number of imidazole rings is 1. The Balaban J connectivity index is 0.00000198. The monoisotopic (exact) mass is 577 g/mol. The van der Waals surface area contributed by atoms with Gasteiger partial charge in [0.1, 0.15) is 11.6 Å². The molecule has 1 aliphatic rings. The van der Waals surface area contributed by atoms with Gasteiger partial charge in [0.25, 0.3) is 5.91 Å². The summed E-state index contributed by atoms with van der Waals surface area (Å²) >= 11 is 0. The molecule has 0 bridgehead atoms. The van der Waals surface area contributed by atoms with E-state index in [0.717, 1.165) is 30.7 Å². The van der Waals surface area contributed by atoms with Crippen LogP contribution in [0.2, 0.25) is 0 Å². The first-order valence-electron chi connectivity index (χ1n) is 13.2. The van der Waals surface area contributed by atoms with Crippen molar-refractivity contribution >= 4 is 23.2 Å². The van der Waals surface area contributed by atoms with Crippen molar-refractivity contribution in [3.63, 3.8) is 0 Å². The van der Waals surface area contributed by atoms with Crippen LogP contribution < -0.4 is 15.5 Å². The highest BCUT2D eigenvalue weighted by atomic mass is 19.4. The molecule has 0 radical (unpaired) electrons. The molecule has 2 aromatic carbocycles. The van der Waals surface area contributed by atoms with Gasteiger partial charge in [-0.15, -0.1) is 12.8 Å². The van der Waals surface area contributed by atoms with Crippen molar-refractivity contribution in [1.29, 1.82) is 0 Å². The van der Waals surface area contributed by atoms with E-state index in [2.05, 4.69) is 45.4 Å². The number of nitrogens with one attached hydrogen (secondary N) is 2. The molecule has 5 rings (SSSR count). The lowest BCUT2D eigenvalue weighted by molar-refractivity contribution is -0.137. The molecule has 0 atom stereocenters. The first-order valence-corrected chi connectivity index (χ1v) is 13.2. The molecule has 42 heavy (non-hydrogen) atoms. The minimum atomic E-state index is -4.59. The molecule has 4 aromatic rings. The third kappa shape index (κ3) is 7.24. The average molecular weight is 578 g/mol. The molecule has 0 saturated carbocycles. The number of alkyl halides is 3. The number of benzene rings is 2. The van der Waals surface area contributed by atoms with Crippen molar-refractivity contribution in [2.24, 2.45) is 0 Å². The number of anilines is 3. The van der Waals surface area contributed by atoms with E-state index in [1.807, 2.05) is 4.57 Å². The number of morpholine rings is 1. The second-order valence-electron chi connectivity index (χ2n) is 9.18. The molecule has 3 heterocycles. The standard InChI is InChI=1S/C28H28F3N7O2.C2H2/c1-2-8-33-27-34-9-7-24(36-27)38-11-10-32-25(38)19-3-5-22(6-4-19)35-26(39)20-16-21(28(29,30)31)18-23(17-20)37-12-14-40-15-13-37;1-2/h3-7,9-11,16-18H,2,8,12-15H2,1H3,(H,35,39)(H,33,34,36);1-2H. The summed E-state index contributed by atoms with van der Waals surface area (Å²) in [5.74, 6) is 1.15. The lowest BCUT2D eigenvalue weighted by Gasteiger charge is -2.29. The van der Waals surface area contributed by atoms with Crippen molar-refractivity contribution in [3.8, 4) is 30.1 Å². The van der Waals surface area contributed by atoms with E-state index < -0.39 is 17.6 Å². The molecule has 0 unspecified atom stereocenters. The highest BCUT2D eigenvalue weighted by Crippen LogP contribution is 2.33. The average Bonchev–Trinajstić information content (AvgIpc) is 3.51. The maximum atomic E-state index is 13.6. The van der Waals surface area contributed by atoms with E-state index in [0.29, 0.717) is 55.3 Å². The maximum Gasteiger partial charge on any atom is 0.416 e. The number of ether oxygens (including phenoxy) is 1. The van der Waals surface area contributed by atoms with Crippen molar-refractivity contribution in [2.75, 3.05) is 48.4 Å². The Morgan fingerprint density at radius 2 is 1.76 bits per heavy atom. The Morgan fingerprint density at radius 3 is 2.45 bits per heavy atom. The van der Waals surface area contributed by atoms with E-state index in [1.165, 1.54) is 6.07 Å². The molecule has 0 spiro atoms. The Morgan fingerprint density at radius 1 is 1.02 bits per heavy atom. The van der Waals surface area contributed by atoms with E-state index in [-0.39, 0.29) is 5.56 Å². The van der Waals surface area contributed by atoms with Crippen LogP contribution in [0.5, 0.6) is 0 Å². The Kier molecular flexibility index (Phi) is 9.77. The minimum Gasteiger partial charge on any atom is -0.378 e. The normalized spacial score (nSPS) is 13.1. The van der Waals surface area contributed by atoms with Gasteiger partial charge >= 0.3 is 6.18 Å². The van der Waals surface area contributed by atoms with Gasteiger partial charge in [0.2, 0.25) is 5.95 Å². The van der Waals surface area contributed by atoms with Gasteiger partial charge in [-0.25, -0.2) is 9.97 Å². The fourth-order valence-corrected chi connectivity index (χ4v) is 4.32. The first-order chi connectivity index (χ1) is 20.3. The number of carbonyl (C=O) groups is 1. The van der Waals surface area contributed by atoms with Crippen LogP contribution in [0.25, 0.3) is 17.2 Å².